The van der Waals surface area contributed by atoms with E-state index >= 15 is 0 Å². The summed E-state index contributed by atoms with van der Waals surface area (Å²) >= 11 is 0. The van der Waals surface area contributed by atoms with E-state index in [-0.39, 0.29) is 0 Å². The van der Waals surface area contributed by atoms with Gasteiger partial charge >= 0.3 is 0 Å². The monoisotopic (exact) mass is 200 g/mol. The summed E-state index contributed by atoms with van der Waals surface area (Å²) in [6.07, 6.45) is 5.78. The molecule has 0 heterocycles. The molecule has 0 fully saturated rings. The van der Waals surface area contributed by atoms with Crippen LogP contribution in [0, 0.1) is 11.8 Å². The van der Waals surface area contributed by atoms with E-state index in [2.05, 4.69) is 11.8 Å². The molecule has 0 radical (unpaired) electrons. The van der Waals surface area contributed by atoms with Crippen LogP contribution in [0.3, 0.4) is 0 Å². The molecule has 0 saturated carbocycles. The minimum atomic E-state index is 0.687. The quantitative estimate of drug-likeness (QED) is 0.405. The SMILES string of the molecule is O=CCCCCCC#Cc1ccccc1. The second-order valence-electron chi connectivity index (χ2n) is 3.43. The van der Waals surface area contributed by atoms with Gasteiger partial charge in [0.1, 0.15) is 6.29 Å². The molecule has 0 atom stereocenters. The third-order valence-electron chi connectivity index (χ3n) is 2.13. The maximum atomic E-state index is 10.1. The number of rotatable bonds is 5. The minimum Gasteiger partial charge on any atom is -0.303 e. The third kappa shape index (κ3) is 5.70. The van der Waals surface area contributed by atoms with Crippen LogP contribution < -0.4 is 0 Å². The Morgan fingerprint density at radius 2 is 1.87 bits per heavy atom. The summed E-state index contributed by atoms with van der Waals surface area (Å²) in [4.78, 5) is 10.1. The number of benzene rings is 1. The van der Waals surface area contributed by atoms with Gasteiger partial charge in [0.05, 0.1) is 0 Å². The van der Waals surface area contributed by atoms with Crippen molar-refractivity contribution in [1.82, 2.24) is 0 Å². The zero-order chi connectivity index (χ0) is 10.8. The van der Waals surface area contributed by atoms with Crippen LogP contribution in [0.1, 0.15) is 37.7 Å². The van der Waals surface area contributed by atoms with Crippen molar-refractivity contribution in [2.75, 3.05) is 0 Å². The number of hydrogen-bond acceptors (Lipinski definition) is 1. The van der Waals surface area contributed by atoms with Gasteiger partial charge in [-0.25, -0.2) is 0 Å². The van der Waals surface area contributed by atoms with E-state index in [1.807, 2.05) is 30.3 Å². The summed E-state index contributed by atoms with van der Waals surface area (Å²) in [5.41, 5.74) is 1.07. The lowest BCUT2D eigenvalue weighted by Crippen LogP contribution is -1.78. The lowest BCUT2D eigenvalue weighted by atomic mass is 10.1. The van der Waals surface area contributed by atoms with Crippen molar-refractivity contribution in [2.45, 2.75) is 32.1 Å². The fourth-order valence-corrected chi connectivity index (χ4v) is 1.30. The maximum Gasteiger partial charge on any atom is 0.119 e. The van der Waals surface area contributed by atoms with Crippen LogP contribution in [0.5, 0.6) is 0 Å². The lowest BCUT2D eigenvalue weighted by molar-refractivity contribution is -0.107. The van der Waals surface area contributed by atoms with Gasteiger partial charge in [-0.2, -0.15) is 0 Å². The van der Waals surface area contributed by atoms with E-state index in [1.165, 1.54) is 0 Å². The first-order valence-corrected chi connectivity index (χ1v) is 5.41. The Labute approximate surface area is 91.5 Å². The van der Waals surface area contributed by atoms with Gasteiger partial charge in [-0.15, -0.1) is 0 Å². The van der Waals surface area contributed by atoms with Crippen LogP contribution in [0.2, 0.25) is 0 Å². The largest absolute Gasteiger partial charge is 0.303 e. The van der Waals surface area contributed by atoms with Crippen molar-refractivity contribution in [3.05, 3.63) is 35.9 Å². The second kappa shape index (κ2) is 7.82. The van der Waals surface area contributed by atoms with E-state index in [9.17, 15) is 4.79 Å². The van der Waals surface area contributed by atoms with E-state index in [4.69, 9.17) is 0 Å². The fourth-order valence-electron chi connectivity index (χ4n) is 1.30. The summed E-state index contributed by atoms with van der Waals surface area (Å²) in [6, 6.07) is 10.0. The van der Waals surface area contributed by atoms with Crippen LogP contribution in [-0.4, -0.2) is 6.29 Å². The van der Waals surface area contributed by atoms with Crippen molar-refractivity contribution < 1.29 is 4.79 Å². The lowest BCUT2D eigenvalue weighted by Gasteiger charge is -1.91. The molecule has 78 valence electrons. The molecule has 1 nitrogen and oxygen atoms in total. The molecule has 0 bridgehead atoms. The van der Waals surface area contributed by atoms with Gasteiger partial charge in [0.25, 0.3) is 0 Å². The standard InChI is InChI=1S/C14H16O/c15-13-9-4-2-1-3-6-10-14-11-7-5-8-12-14/h5,7-8,11-13H,1-4,9H2. The smallest absolute Gasteiger partial charge is 0.119 e. The number of unbranched alkanes of at least 4 members (excludes halogenated alkanes) is 4. The Balaban J connectivity index is 2.15. The van der Waals surface area contributed by atoms with Crippen LogP contribution in [0.4, 0.5) is 0 Å². The topological polar surface area (TPSA) is 17.1 Å². The molecular formula is C14H16O. The molecule has 1 heteroatoms. The van der Waals surface area contributed by atoms with E-state index in [0.29, 0.717) is 6.42 Å². The molecule has 0 aliphatic heterocycles. The molecule has 0 aliphatic carbocycles. The molecule has 0 spiro atoms. The van der Waals surface area contributed by atoms with Crippen LogP contribution in [0.15, 0.2) is 30.3 Å². The average Bonchev–Trinajstić information content (AvgIpc) is 2.29. The van der Waals surface area contributed by atoms with Crippen molar-refractivity contribution >= 4 is 6.29 Å². The number of carbonyl (C=O) groups is 1. The molecule has 0 saturated heterocycles. The molecule has 15 heavy (non-hydrogen) atoms. The highest BCUT2D eigenvalue weighted by Gasteiger charge is 1.86. The van der Waals surface area contributed by atoms with Gasteiger partial charge < -0.3 is 4.79 Å². The summed E-state index contributed by atoms with van der Waals surface area (Å²) in [7, 11) is 0. The fraction of sp³-hybridized carbons (Fsp3) is 0.357. The zero-order valence-electron chi connectivity index (χ0n) is 8.91. The van der Waals surface area contributed by atoms with Crippen molar-refractivity contribution in [3.63, 3.8) is 0 Å². The number of hydrogen-bond donors (Lipinski definition) is 0. The predicted octanol–water partition coefficient (Wildman–Crippen LogP) is 3.19. The third-order valence-corrected chi connectivity index (χ3v) is 2.13. The molecule has 1 aromatic carbocycles. The molecule has 0 N–H and O–H groups in total. The second-order valence-corrected chi connectivity index (χ2v) is 3.43. The van der Waals surface area contributed by atoms with Gasteiger partial charge in [0, 0.05) is 18.4 Å². The van der Waals surface area contributed by atoms with Crippen molar-refractivity contribution in [3.8, 4) is 11.8 Å². The first-order valence-electron chi connectivity index (χ1n) is 5.41. The summed E-state index contributed by atoms with van der Waals surface area (Å²) in [6.45, 7) is 0. The summed E-state index contributed by atoms with van der Waals surface area (Å²) in [5, 5.41) is 0. The molecule has 0 amide bonds. The molecule has 0 aromatic heterocycles. The summed E-state index contributed by atoms with van der Waals surface area (Å²) in [5.74, 6) is 6.26. The molecule has 0 aliphatic rings. The van der Waals surface area contributed by atoms with Gasteiger partial charge in [-0.05, 0) is 25.0 Å². The number of carbonyl (C=O) groups excluding carboxylic acids is 1. The Morgan fingerprint density at radius 1 is 1.07 bits per heavy atom. The van der Waals surface area contributed by atoms with Crippen LogP contribution in [-0.2, 0) is 4.79 Å². The van der Waals surface area contributed by atoms with Crippen LogP contribution >= 0.6 is 0 Å². The Kier molecular flexibility index (Phi) is 6.01. The highest BCUT2D eigenvalue weighted by atomic mass is 16.1. The first kappa shape index (κ1) is 11.5. The Morgan fingerprint density at radius 3 is 2.60 bits per heavy atom. The van der Waals surface area contributed by atoms with E-state index in [0.717, 1.165) is 37.5 Å². The highest BCUT2D eigenvalue weighted by molar-refractivity contribution is 5.48. The first-order chi connectivity index (χ1) is 7.43. The van der Waals surface area contributed by atoms with E-state index < -0.39 is 0 Å². The van der Waals surface area contributed by atoms with Crippen molar-refractivity contribution in [2.24, 2.45) is 0 Å². The van der Waals surface area contributed by atoms with Gasteiger partial charge in [0.15, 0.2) is 0 Å². The maximum absolute atomic E-state index is 10.1. The summed E-state index contributed by atoms with van der Waals surface area (Å²) < 4.78 is 0. The molecule has 0 unspecified atom stereocenters. The molecule has 1 rings (SSSR count). The molecule has 1 aromatic rings. The number of aldehydes is 1. The molecular weight excluding hydrogens is 184 g/mol. The predicted molar refractivity (Wildman–Crippen MR) is 62.5 cm³/mol. The van der Waals surface area contributed by atoms with Gasteiger partial charge in [-0.1, -0.05) is 36.5 Å². The highest BCUT2D eigenvalue weighted by Crippen LogP contribution is 2.01. The Bertz CT molecular complexity index is 329. The average molecular weight is 200 g/mol. The normalized spacial score (nSPS) is 9.07. The van der Waals surface area contributed by atoms with Crippen LogP contribution in [0.25, 0.3) is 0 Å². The Hall–Kier alpha value is -1.55. The van der Waals surface area contributed by atoms with Crippen molar-refractivity contribution in [1.29, 1.82) is 0 Å². The minimum absolute atomic E-state index is 0.687. The van der Waals surface area contributed by atoms with Gasteiger partial charge in [-0.3, -0.25) is 0 Å². The van der Waals surface area contributed by atoms with Gasteiger partial charge in [0.2, 0.25) is 0 Å². The van der Waals surface area contributed by atoms with E-state index in [1.54, 1.807) is 0 Å². The zero-order valence-corrected chi connectivity index (χ0v) is 8.91.